The van der Waals surface area contributed by atoms with Crippen LogP contribution in [0.5, 0.6) is 0 Å². The Morgan fingerprint density at radius 1 is 1.52 bits per heavy atom. The average Bonchev–Trinajstić information content (AvgIpc) is 3.26. The summed E-state index contributed by atoms with van der Waals surface area (Å²) >= 11 is 1.45. The SMILES string of the molecule is COCC1(C(=O)O)CCCN(C(=O)Cc2csc(-c3ccoc3)n2)C1. The Balaban J connectivity index is 1.67. The van der Waals surface area contributed by atoms with E-state index in [4.69, 9.17) is 9.15 Å². The average molecular weight is 364 g/mol. The molecule has 1 saturated heterocycles. The van der Waals surface area contributed by atoms with Crippen molar-refractivity contribution in [2.45, 2.75) is 19.3 Å². The van der Waals surface area contributed by atoms with E-state index in [1.54, 1.807) is 17.4 Å². The Kier molecular flexibility index (Phi) is 5.19. The molecule has 3 heterocycles. The molecular weight excluding hydrogens is 344 g/mol. The molecule has 1 fully saturated rings. The maximum atomic E-state index is 12.6. The summed E-state index contributed by atoms with van der Waals surface area (Å²) in [6.07, 6.45) is 4.52. The lowest BCUT2D eigenvalue weighted by atomic mass is 9.80. The predicted octanol–water partition coefficient (Wildman–Crippen LogP) is 2.29. The first-order valence-electron chi connectivity index (χ1n) is 8.01. The van der Waals surface area contributed by atoms with Crippen molar-refractivity contribution in [3.63, 3.8) is 0 Å². The number of aliphatic carboxylic acids is 1. The van der Waals surface area contributed by atoms with Crippen LogP contribution >= 0.6 is 11.3 Å². The van der Waals surface area contributed by atoms with E-state index in [2.05, 4.69) is 4.98 Å². The molecule has 7 nitrogen and oxygen atoms in total. The lowest BCUT2D eigenvalue weighted by Gasteiger charge is -2.39. The van der Waals surface area contributed by atoms with Gasteiger partial charge in [0.15, 0.2) is 0 Å². The lowest BCUT2D eigenvalue weighted by molar-refractivity contribution is -0.159. The third kappa shape index (κ3) is 3.74. The van der Waals surface area contributed by atoms with E-state index in [0.717, 1.165) is 10.6 Å². The first-order chi connectivity index (χ1) is 12.0. The van der Waals surface area contributed by atoms with E-state index in [1.807, 2.05) is 11.4 Å². The second-order valence-electron chi connectivity index (χ2n) is 6.27. The highest BCUT2D eigenvalue weighted by Crippen LogP contribution is 2.31. The number of carboxylic acids is 1. The van der Waals surface area contributed by atoms with Crippen molar-refractivity contribution in [1.82, 2.24) is 9.88 Å². The van der Waals surface area contributed by atoms with E-state index >= 15 is 0 Å². The summed E-state index contributed by atoms with van der Waals surface area (Å²) in [5, 5.41) is 12.2. The van der Waals surface area contributed by atoms with Gasteiger partial charge in [0.05, 0.1) is 25.0 Å². The number of aromatic nitrogens is 1. The predicted molar refractivity (Wildman–Crippen MR) is 91.3 cm³/mol. The number of piperidine rings is 1. The molecule has 8 heteroatoms. The molecule has 1 N–H and O–H groups in total. The number of carbonyl (C=O) groups is 2. The molecule has 0 radical (unpaired) electrons. The number of nitrogens with zero attached hydrogens (tertiary/aromatic N) is 2. The van der Waals surface area contributed by atoms with Crippen LogP contribution in [0.1, 0.15) is 18.5 Å². The summed E-state index contributed by atoms with van der Waals surface area (Å²) in [6.45, 7) is 0.845. The van der Waals surface area contributed by atoms with Crippen LogP contribution in [0.4, 0.5) is 0 Å². The van der Waals surface area contributed by atoms with Crippen LogP contribution in [-0.4, -0.2) is 53.7 Å². The van der Waals surface area contributed by atoms with Gasteiger partial charge in [0.1, 0.15) is 16.7 Å². The molecule has 1 aliphatic rings. The fourth-order valence-corrected chi connectivity index (χ4v) is 3.95. The number of ether oxygens (including phenoxy) is 1. The molecule has 0 spiro atoms. The molecule has 3 rings (SSSR count). The van der Waals surface area contributed by atoms with Crippen molar-refractivity contribution in [2.24, 2.45) is 5.41 Å². The highest BCUT2D eigenvalue weighted by Gasteiger charge is 2.43. The number of likely N-dealkylation sites (tertiary alicyclic amines) is 1. The molecule has 0 bridgehead atoms. The number of hydrogen-bond acceptors (Lipinski definition) is 6. The van der Waals surface area contributed by atoms with Gasteiger partial charge in [0.2, 0.25) is 5.91 Å². The van der Waals surface area contributed by atoms with Crippen molar-refractivity contribution < 1.29 is 23.8 Å². The van der Waals surface area contributed by atoms with Crippen molar-refractivity contribution in [2.75, 3.05) is 26.8 Å². The first kappa shape index (κ1) is 17.6. The maximum absolute atomic E-state index is 12.6. The molecule has 134 valence electrons. The number of methoxy groups -OCH3 is 1. The number of rotatable bonds is 6. The maximum Gasteiger partial charge on any atom is 0.313 e. The largest absolute Gasteiger partial charge is 0.481 e. The van der Waals surface area contributed by atoms with Gasteiger partial charge in [0, 0.05) is 31.1 Å². The third-order valence-electron chi connectivity index (χ3n) is 4.46. The van der Waals surface area contributed by atoms with E-state index in [0.29, 0.717) is 25.1 Å². The summed E-state index contributed by atoms with van der Waals surface area (Å²) in [5.74, 6) is -1.02. The first-order valence-corrected chi connectivity index (χ1v) is 8.89. The van der Waals surface area contributed by atoms with Crippen LogP contribution in [0, 0.1) is 5.41 Å². The number of hydrogen-bond donors (Lipinski definition) is 1. The van der Waals surface area contributed by atoms with Crippen LogP contribution < -0.4 is 0 Å². The van der Waals surface area contributed by atoms with Gasteiger partial charge in [-0.2, -0.15) is 0 Å². The Hall–Kier alpha value is -2.19. The van der Waals surface area contributed by atoms with E-state index < -0.39 is 11.4 Å². The third-order valence-corrected chi connectivity index (χ3v) is 5.40. The minimum atomic E-state index is -1.02. The van der Waals surface area contributed by atoms with Crippen molar-refractivity contribution >= 4 is 23.2 Å². The molecule has 2 aromatic rings. The van der Waals surface area contributed by atoms with Gasteiger partial charge in [-0.25, -0.2) is 4.98 Å². The van der Waals surface area contributed by atoms with E-state index in [9.17, 15) is 14.7 Å². The number of amides is 1. The molecule has 1 amide bonds. The van der Waals surface area contributed by atoms with Crippen LogP contribution in [-0.2, 0) is 20.7 Å². The van der Waals surface area contributed by atoms with Gasteiger partial charge >= 0.3 is 5.97 Å². The minimum absolute atomic E-state index is 0.105. The van der Waals surface area contributed by atoms with Crippen molar-refractivity contribution in [1.29, 1.82) is 0 Å². The van der Waals surface area contributed by atoms with Crippen molar-refractivity contribution in [3.05, 3.63) is 29.7 Å². The molecular formula is C17H20N2O5S. The van der Waals surface area contributed by atoms with Crippen LogP contribution in [0.3, 0.4) is 0 Å². The summed E-state index contributed by atoms with van der Waals surface area (Å²) in [7, 11) is 1.48. The second-order valence-corrected chi connectivity index (χ2v) is 7.13. The van der Waals surface area contributed by atoms with Gasteiger partial charge in [-0.3, -0.25) is 9.59 Å². The molecule has 25 heavy (non-hydrogen) atoms. The standard InChI is InChI=1S/C17H20N2O5S/c1-23-11-17(16(21)22)4-2-5-19(10-17)14(20)7-13-9-25-15(18-13)12-3-6-24-8-12/h3,6,8-9H,2,4-5,7,10-11H2,1H3,(H,21,22). The zero-order valence-electron chi connectivity index (χ0n) is 13.9. The molecule has 1 aliphatic heterocycles. The number of furan rings is 1. The fourth-order valence-electron chi connectivity index (χ4n) is 3.15. The topological polar surface area (TPSA) is 92.9 Å². The van der Waals surface area contributed by atoms with E-state index in [1.165, 1.54) is 18.4 Å². The highest BCUT2D eigenvalue weighted by atomic mass is 32.1. The van der Waals surface area contributed by atoms with Crippen LogP contribution in [0.25, 0.3) is 10.6 Å². The number of thiazole rings is 1. The molecule has 0 saturated carbocycles. The Morgan fingerprint density at radius 3 is 3.04 bits per heavy atom. The monoisotopic (exact) mass is 364 g/mol. The van der Waals surface area contributed by atoms with Gasteiger partial charge in [-0.15, -0.1) is 11.3 Å². The molecule has 2 aromatic heterocycles. The summed E-state index contributed by atoms with van der Waals surface area (Å²) < 4.78 is 10.1. The second kappa shape index (κ2) is 7.37. The zero-order valence-corrected chi connectivity index (χ0v) is 14.8. The number of carboxylic acid groups (broad SMARTS) is 1. The summed E-state index contributed by atoms with van der Waals surface area (Å²) in [5.41, 5.74) is 0.545. The normalized spacial score (nSPS) is 20.6. The van der Waals surface area contributed by atoms with Gasteiger partial charge < -0.3 is 19.2 Å². The van der Waals surface area contributed by atoms with Gasteiger partial charge in [-0.05, 0) is 18.9 Å². The molecule has 1 unspecified atom stereocenters. The van der Waals surface area contributed by atoms with Gasteiger partial charge in [0.25, 0.3) is 0 Å². The summed E-state index contributed by atoms with van der Waals surface area (Å²) in [4.78, 5) is 30.4. The minimum Gasteiger partial charge on any atom is -0.481 e. The quantitative estimate of drug-likeness (QED) is 0.845. The number of carbonyl (C=O) groups excluding carboxylic acids is 1. The smallest absolute Gasteiger partial charge is 0.313 e. The van der Waals surface area contributed by atoms with Crippen LogP contribution in [0.15, 0.2) is 28.4 Å². The molecule has 0 aliphatic carbocycles. The lowest BCUT2D eigenvalue weighted by Crippen LogP contribution is -2.52. The van der Waals surface area contributed by atoms with E-state index in [-0.39, 0.29) is 25.5 Å². The Morgan fingerprint density at radius 2 is 2.36 bits per heavy atom. The van der Waals surface area contributed by atoms with Crippen molar-refractivity contribution in [3.8, 4) is 10.6 Å². The summed E-state index contributed by atoms with van der Waals surface area (Å²) in [6, 6.07) is 1.82. The van der Waals surface area contributed by atoms with Gasteiger partial charge in [-0.1, -0.05) is 0 Å². The fraction of sp³-hybridized carbons (Fsp3) is 0.471. The zero-order chi connectivity index (χ0) is 17.9. The highest BCUT2D eigenvalue weighted by molar-refractivity contribution is 7.13. The Bertz CT molecular complexity index is 738. The Labute approximate surface area is 149 Å². The molecule has 0 aromatic carbocycles. The molecule has 1 atom stereocenters. The van der Waals surface area contributed by atoms with Crippen LogP contribution in [0.2, 0.25) is 0 Å².